The van der Waals surface area contributed by atoms with Crippen molar-refractivity contribution in [3.8, 4) is 0 Å². The van der Waals surface area contributed by atoms with Gasteiger partial charge in [-0.2, -0.15) is 0 Å². The number of nitrogens with one attached hydrogen (secondary N) is 2. The molecule has 1 aliphatic rings. The molecule has 0 radical (unpaired) electrons. The average Bonchev–Trinajstić information content (AvgIpc) is 3.31. The molecule has 1 saturated carbocycles. The van der Waals surface area contributed by atoms with Crippen LogP contribution in [0.2, 0.25) is 0 Å². The zero-order chi connectivity index (χ0) is 15.9. The lowest BCUT2D eigenvalue weighted by atomic mass is 10.2. The van der Waals surface area contributed by atoms with Gasteiger partial charge in [-0.3, -0.25) is 14.4 Å². The van der Waals surface area contributed by atoms with Gasteiger partial charge < -0.3 is 15.7 Å². The number of anilines is 1. The molecule has 0 aliphatic heterocycles. The number of hydrogen-bond donors (Lipinski definition) is 3. The van der Waals surface area contributed by atoms with Gasteiger partial charge in [-0.15, -0.1) is 0 Å². The molecule has 1 aromatic carbocycles. The van der Waals surface area contributed by atoms with E-state index in [2.05, 4.69) is 10.6 Å². The van der Waals surface area contributed by atoms with Crippen molar-refractivity contribution in [3.63, 3.8) is 0 Å². The zero-order valence-corrected chi connectivity index (χ0v) is 12.3. The lowest BCUT2D eigenvalue weighted by Crippen LogP contribution is -2.24. The van der Waals surface area contributed by atoms with Crippen LogP contribution in [0.3, 0.4) is 0 Å². The normalized spacial score (nSPS) is 13.5. The molecule has 2 rings (SSSR count). The Kier molecular flexibility index (Phi) is 5.52. The molecule has 0 saturated heterocycles. The summed E-state index contributed by atoms with van der Waals surface area (Å²) in [6, 6.07) is 6.74. The summed E-state index contributed by atoms with van der Waals surface area (Å²) in [5.41, 5.74) is 1.21. The Balaban J connectivity index is 1.73. The second kappa shape index (κ2) is 7.59. The molecule has 0 unspecified atom stereocenters. The first-order valence-electron chi connectivity index (χ1n) is 7.47. The summed E-state index contributed by atoms with van der Waals surface area (Å²) in [5, 5.41) is 14.1. The van der Waals surface area contributed by atoms with Gasteiger partial charge in [0.25, 0.3) is 5.91 Å². The van der Waals surface area contributed by atoms with Crippen LogP contribution in [0.4, 0.5) is 5.69 Å². The maximum atomic E-state index is 11.9. The second-order valence-corrected chi connectivity index (χ2v) is 5.45. The van der Waals surface area contributed by atoms with E-state index in [9.17, 15) is 14.4 Å². The summed E-state index contributed by atoms with van der Waals surface area (Å²) in [6.45, 7) is 0.451. The molecule has 0 spiro atoms. The quantitative estimate of drug-likeness (QED) is 0.640. The first kappa shape index (κ1) is 16.0. The Bertz CT molecular complexity index is 550. The Morgan fingerprint density at radius 1 is 1.09 bits per heavy atom. The van der Waals surface area contributed by atoms with Gasteiger partial charge in [-0.25, -0.2) is 0 Å². The SMILES string of the molecule is O=C(O)CCCCNC(=O)c1ccc(NC(=O)C2CC2)cc1. The fraction of sp³-hybridized carbons (Fsp3) is 0.438. The number of benzene rings is 1. The van der Waals surface area contributed by atoms with E-state index in [0.29, 0.717) is 30.6 Å². The number of amides is 2. The van der Waals surface area contributed by atoms with Gasteiger partial charge in [-0.1, -0.05) is 0 Å². The highest BCUT2D eigenvalue weighted by Gasteiger charge is 2.29. The fourth-order valence-corrected chi connectivity index (χ4v) is 2.00. The lowest BCUT2D eigenvalue weighted by Gasteiger charge is -2.07. The van der Waals surface area contributed by atoms with Crippen LogP contribution in [0.15, 0.2) is 24.3 Å². The molecule has 6 nitrogen and oxygen atoms in total. The first-order valence-corrected chi connectivity index (χ1v) is 7.47. The van der Waals surface area contributed by atoms with Crippen molar-refractivity contribution in [3.05, 3.63) is 29.8 Å². The molecule has 118 valence electrons. The molecule has 3 N–H and O–H groups in total. The maximum absolute atomic E-state index is 11.9. The van der Waals surface area contributed by atoms with Gasteiger partial charge in [0.15, 0.2) is 0 Å². The molecule has 1 aromatic rings. The third-order valence-corrected chi connectivity index (χ3v) is 3.47. The summed E-state index contributed by atoms with van der Waals surface area (Å²) < 4.78 is 0. The van der Waals surface area contributed by atoms with Crippen LogP contribution in [-0.2, 0) is 9.59 Å². The van der Waals surface area contributed by atoms with Gasteiger partial charge in [0.05, 0.1) is 0 Å². The third-order valence-electron chi connectivity index (χ3n) is 3.47. The highest BCUT2D eigenvalue weighted by atomic mass is 16.4. The van der Waals surface area contributed by atoms with Gasteiger partial charge >= 0.3 is 5.97 Å². The van der Waals surface area contributed by atoms with Crippen molar-refractivity contribution in [2.75, 3.05) is 11.9 Å². The standard InChI is InChI=1S/C16H20N2O4/c19-14(20)3-1-2-10-17-15(21)11-6-8-13(9-7-11)18-16(22)12-4-5-12/h6-9,12H,1-5,10H2,(H,17,21)(H,18,22)(H,19,20). The lowest BCUT2D eigenvalue weighted by molar-refractivity contribution is -0.137. The van der Waals surface area contributed by atoms with Crippen LogP contribution >= 0.6 is 0 Å². The van der Waals surface area contributed by atoms with Crippen molar-refractivity contribution in [2.45, 2.75) is 32.1 Å². The minimum absolute atomic E-state index is 0.0376. The van der Waals surface area contributed by atoms with Crippen LogP contribution < -0.4 is 10.6 Å². The summed E-state index contributed by atoms with van der Waals surface area (Å²) >= 11 is 0. The second-order valence-electron chi connectivity index (χ2n) is 5.45. The number of carbonyl (C=O) groups is 3. The van der Waals surface area contributed by atoms with E-state index in [-0.39, 0.29) is 24.2 Å². The minimum Gasteiger partial charge on any atom is -0.481 e. The van der Waals surface area contributed by atoms with Crippen molar-refractivity contribution < 1.29 is 19.5 Å². The van der Waals surface area contributed by atoms with E-state index in [1.165, 1.54) is 0 Å². The van der Waals surface area contributed by atoms with Gasteiger partial charge in [0.2, 0.25) is 5.91 Å². The maximum Gasteiger partial charge on any atom is 0.303 e. The predicted octanol–water partition coefficient (Wildman–Crippen LogP) is 2.02. The van der Waals surface area contributed by atoms with Gasteiger partial charge in [-0.05, 0) is 49.9 Å². The highest BCUT2D eigenvalue weighted by molar-refractivity contribution is 5.96. The van der Waals surface area contributed by atoms with Crippen LogP contribution in [-0.4, -0.2) is 29.4 Å². The third kappa shape index (κ3) is 5.20. The smallest absolute Gasteiger partial charge is 0.303 e. The number of carboxylic acids is 1. The van der Waals surface area contributed by atoms with E-state index in [4.69, 9.17) is 5.11 Å². The van der Waals surface area contributed by atoms with Crippen molar-refractivity contribution in [2.24, 2.45) is 5.92 Å². The molecule has 22 heavy (non-hydrogen) atoms. The summed E-state index contributed by atoms with van der Waals surface area (Å²) in [4.78, 5) is 33.8. The molecule has 0 bridgehead atoms. The van der Waals surface area contributed by atoms with Crippen LogP contribution in [0.25, 0.3) is 0 Å². The first-order chi connectivity index (χ1) is 10.6. The molecule has 0 atom stereocenters. The largest absolute Gasteiger partial charge is 0.481 e. The Morgan fingerprint density at radius 2 is 1.77 bits per heavy atom. The topological polar surface area (TPSA) is 95.5 Å². The van der Waals surface area contributed by atoms with E-state index < -0.39 is 5.97 Å². The molecule has 1 aliphatic carbocycles. The molecule has 1 fully saturated rings. The Hall–Kier alpha value is -2.37. The number of carboxylic acid groups (broad SMARTS) is 1. The summed E-state index contributed by atoms with van der Waals surface area (Å²) in [6.07, 6.45) is 3.20. The van der Waals surface area contributed by atoms with Gasteiger partial charge in [0, 0.05) is 30.1 Å². The van der Waals surface area contributed by atoms with E-state index in [0.717, 1.165) is 12.8 Å². The molecule has 0 heterocycles. The number of aliphatic carboxylic acids is 1. The van der Waals surface area contributed by atoms with Crippen LogP contribution in [0.5, 0.6) is 0 Å². The molecular formula is C16H20N2O4. The van der Waals surface area contributed by atoms with E-state index >= 15 is 0 Å². The van der Waals surface area contributed by atoms with E-state index in [1.54, 1.807) is 24.3 Å². The molecule has 6 heteroatoms. The highest BCUT2D eigenvalue weighted by Crippen LogP contribution is 2.30. The summed E-state index contributed by atoms with van der Waals surface area (Å²) in [7, 11) is 0. The Labute approximate surface area is 128 Å². The monoisotopic (exact) mass is 304 g/mol. The van der Waals surface area contributed by atoms with Gasteiger partial charge in [0.1, 0.15) is 0 Å². The van der Waals surface area contributed by atoms with Crippen molar-refractivity contribution >= 4 is 23.5 Å². The fourth-order valence-electron chi connectivity index (χ4n) is 2.00. The molecular weight excluding hydrogens is 284 g/mol. The number of hydrogen-bond acceptors (Lipinski definition) is 3. The van der Waals surface area contributed by atoms with E-state index in [1.807, 2.05) is 0 Å². The predicted molar refractivity (Wildman–Crippen MR) is 81.6 cm³/mol. The van der Waals surface area contributed by atoms with Crippen LogP contribution in [0, 0.1) is 5.92 Å². The average molecular weight is 304 g/mol. The van der Waals surface area contributed by atoms with Crippen molar-refractivity contribution in [1.29, 1.82) is 0 Å². The molecule has 0 aromatic heterocycles. The number of carbonyl (C=O) groups excluding carboxylic acids is 2. The number of rotatable bonds is 8. The van der Waals surface area contributed by atoms with Crippen molar-refractivity contribution in [1.82, 2.24) is 5.32 Å². The minimum atomic E-state index is -0.824. The molecule has 2 amide bonds. The zero-order valence-electron chi connectivity index (χ0n) is 12.3. The number of unbranched alkanes of at least 4 members (excludes halogenated alkanes) is 1. The summed E-state index contributed by atoms with van der Waals surface area (Å²) in [5.74, 6) is -0.838. The van der Waals surface area contributed by atoms with Crippen LogP contribution in [0.1, 0.15) is 42.5 Å². The Morgan fingerprint density at radius 3 is 2.36 bits per heavy atom.